The molecule has 0 aliphatic carbocycles. The molecule has 6 nitrogen and oxygen atoms in total. The van der Waals surface area contributed by atoms with Crippen molar-refractivity contribution in [3.63, 3.8) is 0 Å². The molecule has 0 amide bonds. The first kappa shape index (κ1) is 26.4. The van der Waals surface area contributed by atoms with E-state index < -0.39 is 23.1 Å². The van der Waals surface area contributed by atoms with Crippen LogP contribution in [0.15, 0.2) is 41.2 Å². The van der Waals surface area contributed by atoms with E-state index in [1.165, 1.54) is 6.07 Å². The molecule has 0 aliphatic rings. The standard InChI is InChI=1S/C25H25ClF3N3O3/c1-5-35-16-8-9-17(14(2)12-16)21-30-22(32-23(34)31-21)18-13-15(6-10-19(18)26)7-11-20(33)24(3,4)25(27,28)29/h6,8-10,12-13H,5,7,11H2,1-4H3,(H,30,31,32,34). The first-order valence-corrected chi connectivity index (χ1v) is 11.3. The number of nitrogens with one attached hydrogen (secondary N) is 1. The van der Waals surface area contributed by atoms with Gasteiger partial charge in [0.2, 0.25) is 0 Å². The van der Waals surface area contributed by atoms with Crippen molar-refractivity contribution in [3.8, 4) is 28.5 Å². The van der Waals surface area contributed by atoms with Crippen LogP contribution in [0.2, 0.25) is 5.02 Å². The quantitative estimate of drug-likeness (QED) is 0.407. The minimum Gasteiger partial charge on any atom is -0.494 e. The number of hydrogen-bond donors (Lipinski definition) is 1. The van der Waals surface area contributed by atoms with Crippen LogP contribution < -0.4 is 10.4 Å². The lowest BCUT2D eigenvalue weighted by molar-refractivity contribution is -0.210. The Balaban J connectivity index is 1.92. The SMILES string of the molecule is CCOc1ccc(-c2nc(-c3cc(CCC(=O)C(C)(C)C(F)(F)F)ccc3Cl)nc(=O)[nH]2)c(C)c1. The fraction of sp³-hybridized carbons (Fsp3) is 0.360. The maximum Gasteiger partial charge on any atom is 0.400 e. The summed E-state index contributed by atoms with van der Waals surface area (Å²) in [6.45, 7) is 5.99. The van der Waals surface area contributed by atoms with E-state index in [1.807, 2.05) is 19.9 Å². The van der Waals surface area contributed by atoms with Gasteiger partial charge in [0.1, 0.15) is 22.8 Å². The molecule has 1 heterocycles. The summed E-state index contributed by atoms with van der Waals surface area (Å²) in [4.78, 5) is 35.6. The Labute approximate surface area is 205 Å². The molecule has 0 atom stereocenters. The minimum absolute atomic E-state index is 0.0610. The van der Waals surface area contributed by atoms with Crippen molar-refractivity contribution in [3.05, 3.63) is 63.0 Å². The highest BCUT2D eigenvalue weighted by molar-refractivity contribution is 6.33. The van der Waals surface area contributed by atoms with Gasteiger partial charge in [-0.2, -0.15) is 18.2 Å². The van der Waals surface area contributed by atoms with Crippen molar-refractivity contribution in [2.75, 3.05) is 6.61 Å². The largest absolute Gasteiger partial charge is 0.494 e. The number of nitrogens with zero attached hydrogens (tertiary/aromatic N) is 2. The fourth-order valence-corrected chi connectivity index (χ4v) is 3.62. The smallest absolute Gasteiger partial charge is 0.400 e. The fourth-order valence-electron chi connectivity index (χ4n) is 3.42. The van der Waals surface area contributed by atoms with Crippen LogP contribution in [0, 0.1) is 12.3 Å². The Hall–Kier alpha value is -3.20. The number of hydrogen-bond acceptors (Lipinski definition) is 5. The van der Waals surface area contributed by atoms with Gasteiger partial charge in [-0.25, -0.2) is 9.78 Å². The van der Waals surface area contributed by atoms with Crippen molar-refractivity contribution in [1.29, 1.82) is 0 Å². The van der Waals surface area contributed by atoms with Gasteiger partial charge in [0.15, 0.2) is 5.82 Å². The van der Waals surface area contributed by atoms with Gasteiger partial charge in [0.25, 0.3) is 0 Å². The highest BCUT2D eigenvalue weighted by Crippen LogP contribution is 2.39. The second-order valence-corrected chi connectivity index (χ2v) is 9.00. The van der Waals surface area contributed by atoms with Gasteiger partial charge >= 0.3 is 11.9 Å². The van der Waals surface area contributed by atoms with Crippen molar-refractivity contribution < 1.29 is 22.7 Å². The summed E-state index contributed by atoms with van der Waals surface area (Å²) in [6.07, 6.45) is -4.87. The minimum atomic E-state index is -4.64. The summed E-state index contributed by atoms with van der Waals surface area (Å²) in [5, 5.41) is 0.260. The first-order valence-electron chi connectivity index (χ1n) is 10.9. The zero-order valence-corrected chi connectivity index (χ0v) is 20.5. The third-order valence-corrected chi connectivity index (χ3v) is 6.06. The Morgan fingerprint density at radius 3 is 2.43 bits per heavy atom. The predicted octanol–water partition coefficient (Wildman–Crippen LogP) is 5.95. The summed E-state index contributed by atoms with van der Waals surface area (Å²) in [5.41, 5.74) is -0.686. The van der Waals surface area contributed by atoms with Gasteiger partial charge in [-0.3, -0.25) is 9.78 Å². The van der Waals surface area contributed by atoms with Crippen LogP contribution in [0.4, 0.5) is 13.2 Å². The Morgan fingerprint density at radius 2 is 1.80 bits per heavy atom. The van der Waals surface area contributed by atoms with Crippen LogP contribution in [-0.2, 0) is 11.2 Å². The Kier molecular flexibility index (Phi) is 7.69. The molecule has 2 aromatic carbocycles. The lowest BCUT2D eigenvalue weighted by atomic mass is 9.84. The number of alkyl halides is 3. The van der Waals surface area contributed by atoms with E-state index in [2.05, 4.69) is 15.0 Å². The molecular formula is C25H25ClF3N3O3. The van der Waals surface area contributed by atoms with Gasteiger partial charge in [-0.15, -0.1) is 0 Å². The van der Waals surface area contributed by atoms with E-state index in [9.17, 15) is 22.8 Å². The molecule has 0 saturated heterocycles. The van der Waals surface area contributed by atoms with Gasteiger partial charge < -0.3 is 4.74 Å². The van der Waals surface area contributed by atoms with Gasteiger partial charge in [-0.1, -0.05) is 17.7 Å². The number of benzene rings is 2. The highest BCUT2D eigenvalue weighted by Gasteiger charge is 2.51. The molecule has 0 radical (unpaired) electrons. The molecule has 0 fully saturated rings. The van der Waals surface area contributed by atoms with Crippen LogP contribution in [0.5, 0.6) is 5.75 Å². The van der Waals surface area contributed by atoms with E-state index in [0.29, 0.717) is 29.0 Å². The average molecular weight is 508 g/mol. The number of aromatic amines is 1. The third kappa shape index (κ3) is 5.90. The summed E-state index contributed by atoms with van der Waals surface area (Å²) in [6, 6.07) is 10.1. The zero-order chi connectivity index (χ0) is 26.0. The molecule has 0 saturated carbocycles. The Bertz CT molecular complexity index is 1300. The van der Waals surface area contributed by atoms with Crippen LogP contribution in [0.1, 0.15) is 38.3 Å². The number of halogens is 4. The lowest BCUT2D eigenvalue weighted by Gasteiger charge is -2.26. The molecule has 1 aromatic heterocycles. The molecule has 186 valence electrons. The predicted molar refractivity (Wildman–Crippen MR) is 128 cm³/mol. The van der Waals surface area contributed by atoms with Crippen molar-refractivity contribution >= 4 is 17.4 Å². The van der Waals surface area contributed by atoms with Crippen LogP contribution >= 0.6 is 11.6 Å². The van der Waals surface area contributed by atoms with Gasteiger partial charge in [0, 0.05) is 17.5 Å². The number of carbonyl (C=O) groups is 1. The van der Waals surface area contributed by atoms with E-state index in [4.69, 9.17) is 16.3 Å². The monoisotopic (exact) mass is 507 g/mol. The molecule has 35 heavy (non-hydrogen) atoms. The second kappa shape index (κ2) is 10.2. The molecule has 0 unspecified atom stereocenters. The normalized spacial score (nSPS) is 12.0. The zero-order valence-electron chi connectivity index (χ0n) is 19.7. The van der Waals surface area contributed by atoms with Crippen molar-refractivity contribution in [2.24, 2.45) is 5.41 Å². The number of H-pyrrole nitrogens is 1. The summed E-state index contributed by atoms with van der Waals surface area (Å²) in [5.74, 6) is 0.112. The molecule has 10 heteroatoms. The lowest BCUT2D eigenvalue weighted by Crippen LogP contribution is -2.39. The molecule has 1 N–H and O–H groups in total. The number of ketones is 1. The molecule has 0 spiro atoms. The summed E-state index contributed by atoms with van der Waals surface area (Å²) >= 11 is 6.34. The first-order chi connectivity index (χ1) is 16.3. The summed E-state index contributed by atoms with van der Waals surface area (Å²) < 4.78 is 45.0. The van der Waals surface area contributed by atoms with Crippen LogP contribution in [-0.4, -0.2) is 33.5 Å². The number of aromatic nitrogens is 3. The highest BCUT2D eigenvalue weighted by atomic mass is 35.5. The van der Waals surface area contributed by atoms with Gasteiger partial charge in [-0.05, 0) is 75.6 Å². The number of ether oxygens (including phenoxy) is 1. The third-order valence-electron chi connectivity index (χ3n) is 5.73. The maximum absolute atomic E-state index is 13.2. The number of aryl methyl sites for hydroxylation is 2. The van der Waals surface area contributed by atoms with E-state index in [1.54, 1.807) is 24.3 Å². The number of carbonyl (C=O) groups excluding carboxylic acids is 1. The molecule has 0 bridgehead atoms. The average Bonchev–Trinajstić information content (AvgIpc) is 2.77. The van der Waals surface area contributed by atoms with Crippen molar-refractivity contribution in [1.82, 2.24) is 15.0 Å². The van der Waals surface area contributed by atoms with E-state index >= 15 is 0 Å². The molecule has 3 aromatic rings. The molecular weight excluding hydrogens is 483 g/mol. The maximum atomic E-state index is 13.2. The Morgan fingerprint density at radius 1 is 1.09 bits per heavy atom. The number of rotatable bonds is 8. The molecule has 0 aliphatic heterocycles. The van der Waals surface area contributed by atoms with Crippen LogP contribution in [0.25, 0.3) is 22.8 Å². The second-order valence-electron chi connectivity index (χ2n) is 8.60. The van der Waals surface area contributed by atoms with Crippen molar-refractivity contribution in [2.45, 2.75) is 46.7 Å². The number of Topliss-reactive ketones (excluding diaryl/α,β-unsaturated/α-hetero) is 1. The molecule has 3 rings (SSSR count). The van der Waals surface area contributed by atoms with E-state index in [-0.39, 0.29) is 29.5 Å². The van der Waals surface area contributed by atoms with Crippen LogP contribution in [0.3, 0.4) is 0 Å². The summed E-state index contributed by atoms with van der Waals surface area (Å²) in [7, 11) is 0. The van der Waals surface area contributed by atoms with E-state index in [0.717, 1.165) is 19.4 Å². The van der Waals surface area contributed by atoms with Gasteiger partial charge in [0.05, 0.1) is 11.6 Å². The topological polar surface area (TPSA) is 84.9 Å².